The summed E-state index contributed by atoms with van der Waals surface area (Å²) in [6.07, 6.45) is 5.91. The molecule has 3 heterocycles. The van der Waals surface area contributed by atoms with Crippen molar-refractivity contribution in [1.29, 1.82) is 0 Å². The molecular weight excluding hydrogens is 246 g/mol. The SMILES string of the molecule is c1ccc2c(N3CCC4NCCCC4C3)ccnc2c1. The van der Waals surface area contributed by atoms with Gasteiger partial charge in [0.1, 0.15) is 0 Å². The van der Waals surface area contributed by atoms with Crippen LogP contribution in [0.15, 0.2) is 36.5 Å². The minimum absolute atomic E-state index is 0.744. The molecule has 1 aromatic heterocycles. The van der Waals surface area contributed by atoms with Crippen LogP contribution in [0.2, 0.25) is 0 Å². The van der Waals surface area contributed by atoms with Gasteiger partial charge in [-0.1, -0.05) is 18.2 Å². The molecule has 104 valence electrons. The molecular formula is C17H21N3. The third-order valence-corrected chi connectivity index (χ3v) is 4.86. The van der Waals surface area contributed by atoms with Crippen molar-refractivity contribution in [2.75, 3.05) is 24.5 Å². The van der Waals surface area contributed by atoms with Gasteiger partial charge in [0, 0.05) is 36.4 Å². The van der Waals surface area contributed by atoms with E-state index in [1.54, 1.807) is 0 Å². The van der Waals surface area contributed by atoms with Gasteiger partial charge in [0.2, 0.25) is 0 Å². The van der Waals surface area contributed by atoms with Crippen LogP contribution in [-0.4, -0.2) is 30.7 Å². The molecule has 2 fully saturated rings. The summed E-state index contributed by atoms with van der Waals surface area (Å²) in [5.74, 6) is 0.810. The van der Waals surface area contributed by atoms with E-state index in [2.05, 4.69) is 45.5 Å². The van der Waals surface area contributed by atoms with Gasteiger partial charge in [0.05, 0.1) is 5.52 Å². The van der Waals surface area contributed by atoms with E-state index in [9.17, 15) is 0 Å². The Kier molecular flexibility index (Phi) is 3.07. The van der Waals surface area contributed by atoms with Crippen LogP contribution in [0.4, 0.5) is 5.69 Å². The number of hydrogen-bond donors (Lipinski definition) is 1. The second-order valence-electron chi connectivity index (χ2n) is 6.04. The molecule has 2 saturated heterocycles. The molecule has 2 aliphatic rings. The normalized spacial score (nSPS) is 26.5. The Morgan fingerprint density at radius 3 is 3.10 bits per heavy atom. The van der Waals surface area contributed by atoms with Crippen molar-refractivity contribution in [3.05, 3.63) is 36.5 Å². The van der Waals surface area contributed by atoms with Crippen LogP contribution in [0.3, 0.4) is 0 Å². The van der Waals surface area contributed by atoms with Gasteiger partial charge in [-0.3, -0.25) is 4.98 Å². The zero-order chi connectivity index (χ0) is 13.4. The first-order chi connectivity index (χ1) is 9.92. The zero-order valence-electron chi connectivity index (χ0n) is 11.8. The number of para-hydroxylation sites is 1. The van der Waals surface area contributed by atoms with Gasteiger partial charge < -0.3 is 10.2 Å². The molecule has 0 saturated carbocycles. The Morgan fingerprint density at radius 1 is 1.15 bits per heavy atom. The number of benzene rings is 1. The quantitative estimate of drug-likeness (QED) is 0.861. The second kappa shape index (κ2) is 5.06. The number of nitrogens with zero attached hydrogens (tertiary/aromatic N) is 2. The molecule has 0 bridgehead atoms. The molecule has 2 aromatic rings. The van der Waals surface area contributed by atoms with Crippen LogP contribution < -0.4 is 10.2 Å². The van der Waals surface area contributed by atoms with Crippen molar-refractivity contribution in [3.63, 3.8) is 0 Å². The molecule has 2 unspecified atom stereocenters. The van der Waals surface area contributed by atoms with Gasteiger partial charge in [-0.2, -0.15) is 0 Å². The Hall–Kier alpha value is -1.61. The van der Waals surface area contributed by atoms with Gasteiger partial charge in [-0.15, -0.1) is 0 Å². The molecule has 0 spiro atoms. The van der Waals surface area contributed by atoms with E-state index in [0.717, 1.165) is 24.0 Å². The summed E-state index contributed by atoms with van der Waals surface area (Å²) in [6.45, 7) is 3.55. The summed E-state index contributed by atoms with van der Waals surface area (Å²) < 4.78 is 0. The smallest absolute Gasteiger partial charge is 0.0722 e. The van der Waals surface area contributed by atoms with E-state index in [0.29, 0.717) is 0 Å². The molecule has 1 N–H and O–H groups in total. The molecule has 3 nitrogen and oxygen atoms in total. The number of pyridine rings is 1. The maximum absolute atomic E-state index is 4.48. The van der Waals surface area contributed by atoms with Gasteiger partial charge in [0.15, 0.2) is 0 Å². The van der Waals surface area contributed by atoms with Crippen molar-refractivity contribution >= 4 is 16.6 Å². The van der Waals surface area contributed by atoms with E-state index >= 15 is 0 Å². The van der Waals surface area contributed by atoms with Gasteiger partial charge in [-0.05, 0) is 43.9 Å². The number of nitrogens with one attached hydrogen (secondary N) is 1. The Morgan fingerprint density at radius 2 is 2.10 bits per heavy atom. The number of rotatable bonds is 1. The maximum Gasteiger partial charge on any atom is 0.0722 e. The first kappa shape index (κ1) is 12.2. The molecule has 4 rings (SSSR count). The third-order valence-electron chi connectivity index (χ3n) is 4.86. The summed E-state index contributed by atoms with van der Waals surface area (Å²) in [6, 6.07) is 11.4. The highest BCUT2D eigenvalue weighted by molar-refractivity contribution is 5.91. The van der Waals surface area contributed by atoms with E-state index in [1.165, 1.54) is 43.4 Å². The van der Waals surface area contributed by atoms with Crippen LogP contribution in [0, 0.1) is 5.92 Å². The van der Waals surface area contributed by atoms with E-state index in [-0.39, 0.29) is 0 Å². The molecule has 0 aliphatic carbocycles. The molecule has 2 atom stereocenters. The summed E-state index contributed by atoms with van der Waals surface area (Å²) in [5.41, 5.74) is 2.47. The summed E-state index contributed by atoms with van der Waals surface area (Å²) in [7, 11) is 0. The lowest BCUT2D eigenvalue weighted by atomic mass is 9.85. The lowest BCUT2D eigenvalue weighted by Gasteiger charge is -2.43. The predicted octanol–water partition coefficient (Wildman–Crippen LogP) is 2.81. The van der Waals surface area contributed by atoms with Crippen molar-refractivity contribution in [1.82, 2.24) is 10.3 Å². The van der Waals surface area contributed by atoms with E-state index in [4.69, 9.17) is 0 Å². The fourth-order valence-electron chi connectivity index (χ4n) is 3.82. The fraction of sp³-hybridized carbons (Fsp3) is 0.471. The monoisotopic (exact) mass is 267 g/mol. The standard InChI is InChI=1S/C17H21N3/c1-2-6-16-14(5-1)17(7-10-19-16)20-11-8-15-13(12-20)4-3-9-18-15/h1-2,5-7,10,13,15,18H,3-4,8-9,11-12H2. The molecule has 2 aliphatic heterocycles. The van der Waals surface area contributed by atoms with Crippen molar-refractivity contribution in [2.24, 2.45) is 5.92 Å². The number of piperidine rings is 2. The summed E-state index contributed by atoms with van der Waals surface area (Å²) >= 11 is 0. The van der Waals surface area contributed by atoms with Gasteiger partial charge in [0.25, 0.3) is 0 Å². The van der Waals surface area contributed by atoms with Crippen LogP contribution in [0.1, 0.15) is 19.3 Å². The van der Waals surface area contributed by atoms with Gasteiger partial charge >= 0.3 is 0 Å². The van der Waals surface area contributed by atoms with Crippen LogP contribution in [0.5, 0.6) is 0 Å². The first-order valence-electron chi connectivity index (χ1n) is 7.74. The average molecular weight is 267 g/mol. The fourth-order valence-corrected chi connectivity index (χ4v) is 3.82. The lowest BCUT2D eigenvalue weighted by molar-refractivity contribution is 0.244. The summed E-state index contributed by atoms with van der Waals surface area (Å²) in [4.78, 5) is 7.05. The highest BCUT2D eigenvalue weighted by atomic mass is 15.2. The van der Waals surface area contributed by atoms with Gasteiger partial charge in [-0.25, -0.2) is 0 Å². The minimum Gasteiger partial charge on any atom is -0.371 e. The van der Waals surface area contributed by atoms with Crippen molar-refractivity contribution < 1.29 is 0 Å². The molecule has 0 amide bonds. The van der Waals surface area contributed by atoms with Crippen LogP contribution in [-0.2, 0) is 0 Å². The molecule has 3 heteroatoms. The number of aromatic nitrogens is 1. The van der Waals surface area contributed by atoms with Crippen molar-refractivity contribution in [2.45, 2.75) is 25.3 Å². The number of hydrogen-bond acceptors (Lipinski definition) is 3. The first-order valence-corrected chi connectivity index (χ1v) is 7.74. The minimum atomic E-state index is 0.744. The molecule has 0 radical (unpaired) electrons. The van der Waals surface area contributed by atoms with E-state index in [1.807, 2.05) is 6.20 Å². The Bertz CT molecular complexity index is 605. The highest BCUT2D eigenvalue weighted by Gasteiger charge is 2.31. The largest absolute Gasteiger partial charge is 0.371 e. The maximum atomic E-state index is 4.48. The third kappa shape index (κ3) is 2.06. The summed E-state index contributed by atoms with van der Waals surface area (Å²) in [5, 5.41) is 4.98. The van der Waals surface area contributed by atoms with Crippen LogP contribution >= 0.6 is 0 Å². The predicted molar refractivity (Wildman–Crippen MR) is 83.1 cm³/mol. The zero-order valence-corrected chi connectivity index (χ0v) is 11.8. The average Bonchev–Trinajstić information content (AvgIpc) is 2.54. The molecule has 1 aromatic carbocycles. The molecule has 20 heavy (non-hydrogen) atoms. The van der Waals surface area contributed by atoms with E-state index < -0.39 is 0 Å². The Labute approximate surface area is 120 Å². The topological polar surface area (TPSA) is 28.2 Å². The lowest BCUT2D eigenvalue weighted by Crippen LogP contribution is -2.52. The van der Waals surface area contributed by atoms with Crippen LogP contribution in [0.25, 0.3) is 10.9 Å². The Balaban J connectivity index is 1.66. The highest BCUT2D eigenvalue weighted by Crippen LogP contribution is 2.31. The second-order valence-corrected chi connectivity index (χ2v) is 6.04. The van der Waals surface area contributed by atoms with Crippen molar-refractivity contribution in [3.8, 4) is 0 Å². The number of fused-ring (bicyclic) bond motifs is 2. The number of anilines is 1.